The summed E-state index contributed by atoms with van der Waals surface area (Å²) < 4.78 is 9.15. The molecule has 8 aromatic carbocycles. The second-order valence-electron chi connectivity index (χ2n) is 13.6. The van der Waals surface area contributed by atoms with Gasteiger partial charge in [-0.3, -0.25) is 0 Å². The highest BCUT2D eigenvalue weighted by molar-refractivity contribution is 7.25. The summed E-state index contributed by atoms with van der Waals surface area (Å²) in [6, 6.07) is 61.5. The Labute approximate surface area is 314 Å². The number of hydrogen-bond donors (Lipinski definition) is 0. The molecule has 4 nitrogen and oxygen atoms in total. The minimum atomic E-state index is 0.589. The van der Waals surface area contributed by atoms with Gasteiger partial charge in [0.2, 0.25) is 0 Å². The minimum Gasteiger partial charge on any atom is -0.455 e. The van der Waals surface area contributed by atoms with Crippen molar-refractivity contribution in [1.29, 1.82) is 0 Å². The predicted octanol–water partition coefficient (Wildman–Crippen LogP) is 13.6. The lowest BCUT2D eigenvalue weighted by Crippen LogP contribution is -2.00. The van der Waals surface area contributed by atoms with E-state index >= 15 is 0 Å². The monoisotopic (exact) mass is 707 g/mol. The van der Waals surface area contributed by atoms with Gasteiger partial charge in [0.1, 0.15) is 11.2 Å². The van der Waals surface area contributed by atoms with Crippen LogP contribution in [0.5, 0.6) is 0 Å². The maximum absolute atomic E-state index is 6.56. The van der Waals surface area contributed by atoms with Crippen LogP contribution in [0.25, 0.3) is 109 Å². The van der Waals surface area contributed by atoms with Crippen LogP contribution in [-0.2, 0) is 0 Å². The lowest BCUT2D eigenvalue weighted by atomic mass is 9.98. The summed E-state index contributed by atoms with van der Waals surface area (Å²) in [5.74, 6) is 1.81. The highest BCUT2D eigenvalue weighted by Crippen LogP contribution is 2.41. The standard InChI is InChI=1S/C49H29N3OS/c1-2-10-30(11-3-1)34-13-8-14-35(28-34)48-50-47(33-22-20-32(21-23-33)37-17-9-19-44-45(37)41-16-6-7-18-43(41)54-44)51-49(52-48)36-25-26-39-40-27-24-31-12-4-5-15-38(31)46(40)53-42(39)29-36/h1-29H. The van der Waals surface area contributed by atoms with Crippen molar-refractivity contribution in [3.05, 3.63) is 176 Å². The van der Waals surface area contributed by atoms with Gasteiger partial charge in [0.15, 0.2) is 17.5 Å². The highest BCUT2D eigenvalue weighted by atomic mass is 32.1. The van der Waals surface area contributed by atoms with Crippen molar-refractivity contribution in [3.63, 3.8) is 0 Å². The molecule has 0 fully saturated rings. The van der Waals surface area contributed by atoms with E-state index in [1.807, 2.05) is 17.4 Å². The molecule has 0 atom stereocenters. The van der Waals surface area contributed by atoms with Gasteiger partial charge >= 0.3 is 0 Å². The Hall–Kier alpha value is -6.95. The first-order chi connectivity index (χ1) is 26.7. The fourth-order valence-corrected chi connectivity index (χ4v) is 8.82. The Kier molecular flexibility index (Phi) is 7.00. The third-order valence-corrected chi connectivity index (χ3v) is 11.5. The first-order valence-electron chi connectivity index (χ1n) is 18.0. The Morgan fingerprint density at radius 2 is 0.981 bits per heavy atom. The molecule has 0 spiro atoms. The summed E-state index contributed by atoms with van der Waals surface area (Å²) in [7, 11) is 0. The van der Waals surface area contributed by atoms with Gasteiger partial charge < -0.3 is 4.42 Å². The van der Waals surface area contributed by atoms with E-state index in [1.54, 1.807) is 0 Å². The van der Waals surface area contributed by atoms with Gasteiger partial charge in [-0.1, -0.05) is 140 Å². The first-order valence-corrected chi connectivity index (χ1v) is 18.8. The van der Waals surface area contributed by atoms with E-state index in [4.69, 9.17) is 19.4 Å². The summed E-state index contributed by atoms with van der Waals surface area (Å²) in [5.41, 5.74) is 9.01. The van der Waals surface area contributed by atoms with E-state index in [0.717, 1.165) is 66.1 Å². The number of benzene rings is 8. The Bertz CT molecular complexity index is 3220. The Morgan fingerprint density at radius 3 is 1.83 bits per heavy atom. The average Bonchev–Trinajstić information content (AvgIpc) is 3.82. The first kappa shape index (κ1) is 30.7. The topological polar surface area (TPSA) is 51.8 Å². The zero-order valence-corrected chi connectivity index (χ0v) is 29.7. The van der Waals surface area contributed by atoms with Crippen molar-refractivity contribution < 1.29 is 4.42 Å². The number of fused-ring (bicyclic) bond motifs is 8. The quantitative estimate of drug-likeness (QED) is 0.179. The second kappa shape index (κ2) is 12.3. The number of thiophene rings is 1. The van der Waals surface area contributed by atoms with Gasteiger partial charge in [-0.05, 0) is 64.0 Å². The second-order valence-corrected chi connectivity index (χ2v) is 14.7. The normalized spacial score (nSPS) is 11.7. The summed E-state index contributed by atoms with van der Waals surface area (Å²) in [6.45, 7) is 0. The van der Waals surface area contributed by atoms with Crippen LogP contribution in [0.15, 0.2) is 180 Å². The van der Waals surface area contributed by atoms with Crippen molar-refractivity contribution in [2.45, 2.75) is 0 Å². The fraction of sp³-hybridized carbons (Fsp3) is 0. The highest BCUT2D eigenvalue weighted by Gasteiger charge is 2.17. The van der Waals surface area contributed by atoms with Gasteiger partial charge in [-0.25, -0.2) is 15.0 Å². The molecule has 0 bridgehead atoms. The lowest BCUT2D eigenvalue weighted by molar-refractivity contribution is 0.673. The van der Waals surface area contributed by atoms with E-state index in [9.17, 15) is 0 Å². The lowest BCUT2D eigenvalue weighted by Gasteiger charge is -2.10. The van der Waals surface area contributed by atoms with Crippen LogP contribution in [0.1, 0.15) is 0 Å². The molecule has 0 saturated carbocycles. The molecule has 3 heterocycles. The number of aromatic nitrogens is 3. The largest absolute Gasteiger partial charge is 0.455 e. The predicted molar refractivity (Wildman–Crippen MR) is 225 cm³/mol. The van der Waals surface area contributed by atoms with Crippen molar-refractivity contribution in [3.8, 4) is 56.4 Å². The molecule has 0 unspecified atom stereocenters. The molecule has 0 amide bonds. The SMILES string of the molecule is c1ccc(-c2cccc(-c3nc(-c4ccc(-c5cccc6sc7ccccc7c56)cc4)nc(-c4ccc5c(c4)oc4c6ccccc6ccc54)n3)c2)cc1. The summed E-state index contributed by atoms with van der Waals surface area (Å²) in [5, 5.41) is 6.99. The van der Waals surface area contributed by atoms with Gasteiger partial charge in [-0.2, -0.15) is 0 Å². The van der Waals surface area contributed by atoms with Crippen LogP contribution < -0.4 is 0 Å². The maximum Gasteiger partial charge on any atom is 0.164 e. The molecule has 11 rings (SSSR count). The Balaban J connectivity index is 1.06. The number of rotatable bonds is 5. The van der Waals surface area contributed by atoms with Crippen LogP contribution in [0, 0.1) is 0 Å². The fourth-order valence-electron chi connectivity index (χ4n) is 7.69. The summed E-state index contributed by atoms with van der Waals surface area (Å²) in [4.78, 5) is 15.3. The number of furan rings is 1. The van der Waals surface area contributed by atoms with Crippen LogP contribution in [0.2, 0.25) is 0 Å². The molecule has 0 aliphatic heterocycles. The van der Waals surface area contributed by atoms with Gasteiger partial charge in [0.25, 0.3) is 0 Å². The van der Waals surface area contributed by atoms with Crippen LogP contribution in [0.4, 0.5) is 0 Å². The molecule has 0 saturated heterocycles. The molecule has 0 aliphatic carbocycles. The molecule has 0 N–H and O–H groups in total. The molecule has 0 radical (unpaired) electrons. The van der Waals surface area contributed by atoms with Gasteiger partial charge in [0.05, 0.1) is 0 Å². The Morgan fingerprint density at radius 1 is 0.370 bits per heavy atom. The summed E-state index contributed by atoms with van der Waals surface area (Å²) >= 11 is 1.84. The molecular formula is C49H29N3OS. The van der Waals surface area contributed by atoms with Crippen LogP contribution >= 0.6 is 11.3 Å². The third kappa shape index (κ3) is 5.09. The molecule has 11 aromatic rings. The summed E-state index contributed by atoms with van der Waals surface area (Å²) in [6.07, 6.45) is 0. The van der Waals surface area contributed by atoms with Gasteiger partial charge in [-0.15, -0.1) is 11.3 Å². The van der Waals surface area contributed by atoms with Crippen molar-refractivity contribution in [1.82, 2.24) is 15.0 Å². The van der Waals surface area contributed by atoms with Gasteiger partial charge in [0, 0.05) is 53.0 Å². The van der Waals surface area contributed by atoms with E-state index in [1.165, 1.54) is 25.7 Å². The molecule has 54 heavy (non-hydrogen) atoms. The molecule has 0 aliphatic rings. The smallest absolute Gasteiger partial charge is 0.164 e. The minimum absolute atomic E-state index is 0.589. The zero-order valence-electron chi connectivity index (χ0n) is 28.9. The van der Waals surface area contributed by atoms with Crippen LogP contribution in [-0.4, -0.2) is 15.0 Å². The zero-order chi connectivity index (χ0) is 35.6. The molecule has 252 valence electrons. The van der Waals surface area contributed by atoms with Crippen molar-refractivity contribution >= 4 is 64.2 Å². The maximum atomic E-state index is 6.56. The third-order valence-electron chi connectivity index (χ3n) is 10.3. The number of hydrogen-bond acceptors (Lipinski definition) is 5. The molecule has 3 aromatic heterocycles. The van der Waals surface area contributed by atoms with Crippen molar-refractivity contribution in [2.24, 2.45) is 0 Å². The van der Waals surface area contributed by atoms with Crippen molar-refractivity contribution in [2.75, 3.05) is 0 Å². The van der Waals surface area contributed by atoms with Crippen LogP contribution in [0.3, 0.4) is 0 Å². The van der Waals surface area contributed by atoms with E-state index in [2.05, 4.69) is 170 Å². The van der Waals surface area contributed by atoms with E-state index < -0.39 is 0 Å². The average molecular weight is 708 g/mol. The molecule has 5 heteroatoms. The molecular weight excluding hydrogens is 679 g/mol. The van der Waals surface area contributed by atoms with E-state index in [-0.39, 0.29) is 0 Å². The number of nitrogens with zero attached hydrogens (tertiary/aromatic N) is 3. The van der Waals surface area contributed by atoms with E-state index in [0.29, 0.717) is 17.5 Å².